The molecule has 0 aliphatic heterocycles. The number of nitrogens with zero attached hydrogens (tertiary/aromatic N) is 1. The molecule has 1 aromatic heterocycles. The molecule has 0 saturated heterocycles. The molecule has 0 saturated carbocycles. The average Bonchev–Trinajstić information content (AvgIpc) is 2.85. The summed E-state index contributed by atoms with van der Waals surface area (Å²) in [6, 6.07) is 6.91. The van der Waals surface area contributed by atoms with Crippen molar-refractivity contribution in [2.45, 2.75) is 26.8 Å². The summed E-state index contributed by atoms with van der Waals surface area (Å²) >= 11 is 0. The average molecular weight is 273 g/mol. The molecular weight excluding hydrogens is 254 g/mol. The Balaban J connectivity index is 2.07. The Kier molecular flexibility index (Phi) is 4.20. The van der Waals surface area contributed by atoms with Gasteiger partial charge in [0.05, 0.1) is 6.04 Å². The highest BCUT2D eigenvalue weighted by Gasteiger charge is 2.17. The number of nitrogens with one attached hydrogen (secondary N) is 1. The van der Waals surface area contributed by atoms with Crippen molar-refractivity contribution < 1.29 is 9.21 Å². The summed E-state index contributed by atoms with van der Waals surface area (Å²) in [5.41, 5.74) is 8.23. The third-order valence-corrected chi connectivity index (χ3v) is 3.09. The molecule has 20 heavy (non-hydrogen) atoms. The summed E-state index contributed by atoms with van der Waals surface area (Å²) in [7, 11) is 0. The first-order valence-corrected chi connectivity index (χ1v) is 6.56. The lowest BCUT2D eigenvalue weighted by molar-refractivity contribution is -0.118. The summed E-state index contributed by atoms with van der Waals surface area (Å²) in [6.45, 7) is 5.63. The number of nitrogens with two attached hydrogens (primary N) is 1. The number of carbonyl (C=O) groups is 1. The summed E-state index contributed by atoms with van der Waals surface area (Å²) in [5.74, 6) is 0.553. The Hall–Kier alpha value is -2.14. The number of aryl methyl sites for hydroxylation is 1. The van der Waals surface area contributed by atoms with E-state index in [0.29, 0.717) is 5.89 Å². The number of rotatable bonds is 4. The van der Waals surface area contributed by atoms with Crippen LogP contribution in [0.5, 0.6) is 0 Å². The van der Waals surface area contributed by atoms with E-state index in [9.17, 15) is 4.79 Å². The second-order valence-electron chi connectivity index (χ2n) is 5.09. The van der Waals surface area contributed by atoms with Gasteiger partial charge in [-0.2, -0.15) is 0 Å². The van der Waals surface area contributed by atoms with Crippen LogP contribution in [0.2, 0.25) is 0 Å². The molecule has 5 nitrogen and oxygen atoms in total. The van der Waals surface area contributed by atoms with E-state index in [1.165, 1.54) is 0 Å². The maximum atomic E-state index is 11.8. The molecule has 2 rings (SSSR count). The number of hydrogen-bond acceptors (Lipinski definition) is 4. The number of hydrogen-bond donors (Lipinski definition) is 2. The topological polar surface area (TPSA) is 81.2 Å². The Morgan fingerprint density at radius 1 is 1.30 bits per heavy atom. The van der Waals surface area contributed by atoms with Gasteiger partial charge in [0, 0.05) is 18.2 Å². The number of aromatic nitrogens is 1. The minimum atomic E-state index is -0.507. The van der Waals surface area contributed by atoms with Crippen LogP contribution in [0.1, 0.15) is 19.7 Å². The molecule has 2 aromatic rings. The molecule has 0 spiro atoms. The molecule has 0 unspecified atom stereocenters. The number of carbonyl (C=O) groups excluding carboxylic acids is 1. The highest BCUT2D eigenvalue weighted by Crippen LogP contribution is 2.20. The lowest BCUT2D eigenvalue weighted by atomic mass is 10.0. The quantitative estimate of drug-likeness (QED) is 0.897. The van der Waals surface area contributed by atoms with Gasteiger partial charge in [-0.15, -0.1) is 0 Å². The zero-order chi connectivity index (χ0) is 14.7. The van der Waals surface area contributed by atoms with Crippen molar-refractivity contribution in [3.63, 3.8) is 0 Å². The van der Waals surface area contributed by atoms with Crippen LogP contribution in [-0.2, 0) is 4.79 Å². The van der Waals surface area contributed by atoms with Crippen LogP contribution >= 0.6 is 0 Å². The molecule has 5 heteroatoms. The molecule has 106 valence electrons. The fourth-order valence-corrected chi connectivity index (χ4v) is 1.75. The summed E-state index contributed by atoms with van der Waals surface area (Å²) in [4.78, 5) is 16.1. The van der Waals surface area contributed by atoms with Crippen molar-refractivity contribution >= 4 is 11.6 Å². The van der Waals surface area contributed by atoms with Gasteiger partial charge >= 0.3 is 0 Å². The monoisotopic (exact) mass is 273 g/mol. The largest absolute Gasteiger partial charge is 0.449 e. The van der Waals surface area contributed by atoms with E-state index in [4.69, 9.17) is 10.2 Å². The predicted molar refractivity (Wildman–Crippen MR) is 78.1 cm³/mol. The molecule has 1 heterocycles. The van der Waals surface area contributed by atoms with Crippen molar-refractivity contribution in [1.82, 2.24) is 4.98 Å². The zero-order valence-electron chi connectivity index (χ0n) is 11.9. The minimum absolute atomic E-state index is 0.104. The molecule has 0 aliphatic carbocycles. The van der Waals surface area contributed by atoms with Gasteiger partial charge in [-0.05, 0) is 18.1 Å². The highest BCUT2D eigenvalue weighted by molar-refractivity contribution is 5.95. The van der Waals surface area contributed by atoms with Crippen molar-refractivity contribution in [3.05, 3.63) is 36.4 Å². The predicted octanol–water partition coefficient (Wildman–Crippen LogP) is 2.57. The van der Waals surface area contributed by atoms with E-state index in [1.54, 1.807) is 13.2 Å². The van der Waals surface area contributed by atoms with Gasteiger partial charge < -0.3 is 15.5 Å². The van der Waals surface area contributed by atoms with E-state index in [0.717, 1.165) is 16.9 Å². The SMILES string of the molecule is Cc1nc(-c2ccc(NC(=O)[C@H](N)C(C)C)cc2)co1. The fraction of sp³-hybridized carbons (Fsp3) is 0.333. The summed E-state index contributed by atoms with van der Waals surface area (Å²) < 4.78 is 5.17. The van der Waals surface area contributed by atoms with E-state index in [1.807, 2.05) is 38.1 Å². The van der Waals surface area contributed by atoms with Gasteiger partial charge in [-0.1, -0.05) is 26.0 Å². The first-order valence-electron chi connectivity index (χ1n) is 6.56. The molecule has 1 aromatic carbocycles. The van der Waals surface area contributed by atoms with Crippen LogP contribution in [0.15, 0.2) is 34.9 Å². The normalized spacial score (nSPS) is 12.4. The van der Waals surface area contributed by atoms with Gasteiger partial charge in [0.25, 0.3) is 0 Å². The second-order valence-corrected chi connectivity index (χ2v) is 5.09. The number of benzene rings is 1. The number of anilines is 1. The minimum Gasteiger partial charge on any atom is -0.449 e. The number of oxazole rings is 1. The molecule has 0 bridgehead atoms. The molecule has 0 fully saturated rings. The molecule has 1 atom stereocenters. The van der Waals surface area contributed by atoms with Crippen LogP contribution in [-0.4, -0.2) is 16.9 Å². The maximum absolute atomic E-state index is 11.8. The van der Waals surface area contributed by atoms with Gasteiger partial charge in [0.15, 0.2) is 5.89 Å². The van der Waals surface area contributed by atoms with Crippen molar-refractivity contribution in [2.24, 2.45) is 11.7 Å². The van der Waals surface area contributed by atoms with Crippen LogP contribution in [0.3, 0.4) is 0 Å². The van der Waals surface area contributed by atoms with Crippen LogP contribution in [0.25, 0.3) is 11.3 Å². The second kappa shape index (κ2) is 5.88. The summed E-state index contributed by atoms with van der Waals surface area (Å²) in [6.07, 6.45) is 1.61. The third kappa shape index (κ3) is 3.24. The fourth-order valence-electron chi connectivity index (χ4n) is 1.75. The molecule has 0 radical (unpaired) electrons. The van der Waals surface area contributed by atoms with E-state index < -0.39 is 6.04 Å². The van der Waals surface area contributed by atoms with Crippen LogP contribution in [0, 0.1) is 12.8 Å². The Morgan fingerprint density at radius 2 is 1.95 bits per heavy atom. The Labute approximate surface area is 118 Å². The maximum Gasteiger partial charge on any atom is 0.241 e. The number of amides is 1. The van der Waals surface area contributed by atoms with E-state index >= 15 is 0 Å². The van der Waals surface area contributed by atoms with Gasteiger partial charge in [-0.25, -0.2) is 4.98 Å². The Bertz CT molecular complexity index is 587. The van der Waals surface area contributed by atoms with E-state index in [2.05, 4.69) is 10.3 Å². The first kappa shape index (κ1) is 14.3. The molecular formula is C15H19N3O2. The summed E-state index contributed by atoms with van der Waals surface area (Å²) in [5, 5.41) is 2.80. The van der Waals surface area contributed by atoms with Gasteiger partial charge in [0.2, 0.25) is 5.91 Å². The van der Waals surface area contributed by atoms with Gasteiger partial charge in [0.1, 0.15) is 12.0 Å². The van der Waals surface area contributed by atoms with Crippen molar-refractivity contribution in [1.29, 1.82) is 0 Å². The Morgan fingerprint density at radius 3 is 2.45 bits per heavy atom. The van der Waals surface area contributed by atoms with Crippen molar-refractivity contribution in [2.75, 3.05) is 5.32 Å². The molecule has 0 aliphatic rings. The zero-order valence-corrected chi connectivity index (χ0v) is 11.9. The van der Waals surface area contributed by atoms with Crippen LogP contribution in [0.4, 0.5) is 5.69 Å². The van der Waals surface area contributed by atoms with E-state index in [-0.39, 0.29) is 11.8 Å². The standard InChI is InChI=1S/C15H19N3O2/c1-9(2)14(16)15(19)18-12-6-4-11(5-7-12)13-8-20-10(3)17-13/h4-9,14H,16H2,1-3H3,(H,18,19)/t14-/m1/s1. The lowest BCUT2D eigenvalue weighted by Gasteiger charge is -2.15. The lowest BCUT2D eigenvalue weighted by Crippen LogP contribution is -2.39. The van der Waals surface area contributed by atoms with Crippen LogP contribution < -0.4 is 11.1 Å². The highest BCUT2D eigenvalue weighted by atomic mass is 16.3. The molecule has 1 amide bonds. The third-order valence-electron chi connectivity index (χ3n) is 3.09. The molecule has 3 N–H and O–H groups in total. The van der Waals surface area contributed by atoms with Gasteiger partial charge in [-0.3, -0.25) is 4.79 Å². The smallest absolute Gasteiger partial charge is 0.241 e. The first-order chi connectivity index (χ1) is 9.47. The van der Waals surface area contributed by atoms with Crippen molar-refractivity contribution in [3.8, 4) is 11.3 Å².